The molecule has 3 nitrogen and oxygen atoms in total. The minimum atomic E-state index is 0.509. The molecule has 100 valence electrons. The molecule has 0 radical (unpaired) electrons. The van der Waals surface area contributed by atoms with Crippen LogP contribution in [-0.2, 0) is 6.54 Å². The van der Waals surface area contributed by atoms with Crippen LogP contribution in [0.3, 0.4) is 0 Å². The molecular formula is C16H14ClN3. The number of benzene rings is 1. The quantitative estimate of drug-likeness (QED) is 0.732. The van der Waals surface area contributed by atoms with Crippen molar-refractivity contribution < 1.29 is 0 Å². The van der Waals surface area contributed by atoms with E-state index >= 15 is 0 Å². The summed E-state index contributed by atoms with van der Waals surface area (Å²) in [7, 11) is 0. The summed E-state index contributed by atoms with van der Waals surface area (Å²) in [5, 5.41) is 6.19. The SMILES string of the molecule is Cc1ccnc(Cl)c1NCc1ccc2cnccc2c1. The molecule has 2 aromatic heterocycles. The summed E-state index contributed by atoms with van der Waals surface area (Å²) in [6, 6.07) is 10.3. The molecule has 3 aromatic rings. The standard InChI is InChI=1S/C16H14ClN3/c1-11-4-7-19-16(17)15(11)20-9-12-2-3-14-10-18-6-5-13(14)8-12/h2-8,10,20H,9H2,1H3. The highest BCUT2D eigenvalue weighted by atomic mass is 35.5. The van der Waals surface area contributed by atoms with Gasteiger partial charge >= 0.3 is 0 Å². The van der Waals surface area contributed by atoms with Crippen LogP contribution >= 0.6 is 11.6 Å². The minimum absolute atomic E-state index is 0.509. The molecule has 0 spiro atoms. The van der Waals surface area contributed by atoms with Gasteiger partial charge in [-0.3, -0.25) is 4.98 Å². The van der Waals surface area contributed by atoms with Crippen LogP contribution in [0.1, 0.15) is 11.1 Å². The van der Waals surface area contributed by atoms with Gasteiger partial charge in [0.1, 0.15) is 0 Å². The van der Waals surface area contributed by atoms with Crippen molar-refractivity contribution in [3.63, 3.8) is 0 Å². The van der Waals surface area contributed by atoms with E-state index in [2.05, 4.69) is 33.5 Å². The number of nitrogens with zero attached hydrogens (tertiary/aromatic N) is 2. The lowest BCUT2D eigenvalue weighted by Crippen LogP contribution is -2.02. The molecule has 1 aromatic carbocycles. The molecule has 0 aliphatic rings. The van der Waals surface area contributed by atoms with Gasteiger partial charge in [-0.2, -0.15) is 0 Å². The van der Waals surface area contributed by atoms with Crippen LogP contribution in [0, 0.1) is 6.92 Å². The van der Waals surface area contributed by atoms with Crippen molar-refractivity contribution in [2.24, 2.45) is 0 Å². The highest BCUT2D eigenvalue weighted by molar-refractivity contribution is 6.32. The predicted molar refractivity (Wildman–Crippen MR) is 83.1 cm³/mol. The maximum Gasteiger partial charge on any atom is 0.152 e. The van der Waals surface area contributed by atoms with E-state index in [0.717, 1.165) is 16.6 Å². The average Bonchev–Trinajstić information content (AvgIpc) is 2.46. The summed E-state index contributed by atoms with van der Waals surface area (Å²) in [5.74, 6) is 0. The molecule has 0 fully saturated rings. The van der Waals surface area contributed by atoms with Crippen LogP contribution in [0.2, 0.25) is 5.15 Å². The van der Waals surface area contributed by atoms with Crippen molar-refractivity contribution in [3.05, 3.63) is 65.2 Å². The van der Waals surface area contributed by atoms with Gasteiger partial charge < -0.3 is 5.32 Å². The Balaban J connectivity index is 1.83. The number of aryl methyl sites for hydroxylation is 1. The smallest absolute Gasteiger partial charge is 0.152 e. The molecule has 0 bridgehead atoms. The zero-order valence-electron chi connectivity index (χ0n) is 11.1. The maximum atomic E-state index is 6.11. The number of hydrogen-bond acceptors (Lipinski definition) is 3. The topological polar surface area (TPSA) is 37.8 Å². The van der Waals surface area contributed by atoms with Crippen LogP contribution in [-0.4, -0.2) is 9.97 Å². The Morgan fingerprint density at radius 3 is 2.85 bits per heavy atom. The molecule has 0 aliphatic heterocycles. The van der Waals surface area contributed by atoms with Gasteiger partial charge in [-0.15, -0.1) is 0 Å². The van der Waals surface area contributed by atoms with Crippen molar-refractivity contribution >= 4 is 28.1 Å². The number of hydrogen-bond donors (Lipinski definition) is 1. The highest BCUT2D eigenvalue weighted by Crippen LogP contribution is 2.24. The molecule has 1 N–H and O–H groups in total. The lowest BCUT2D eigenvalue weighted by molar-refractivity contribution is 1.13. The predicted octanol–water partition coefficient (Wildman–Crippen LogP) is 4.20. The van der Waals surface area contributed by atoms with E-state index in [0.29, 0.717) is 11.7 Å². The summed E-state index contributed by atoms with van der Waals surface area (Å²) in [6.45, 7) is 2.73. The first-order valence-corrected chi connectivity index (χ1v) is 6.79. The van der Waals surface area contributed by atoms with Gasteiger partial charge in [0, 0.05) is 30.5 Å². The normalized spacial score (nSPS) is 10.7. The van der Waals surface area contributed by atoms with Crippen molar-refractivity contribution in [3.8, 4) is 0 Å². The number of aromatic nitrogens is 2. The molecule has 0 saturated heterocycles. The first-order valence-electron chi connectivity index (χ1n) is 6.42. The van der Waals surface area contributed by atoms with Gasteiger partial charge in [0.05, 0.1) is 5.69 Å². The molecule has 0 saturated carbocycles. The van der Waals surface area contributed by atoms with E-state index in [1.54, 1.807) is 6.20 Å². The first-order chi connectivity index (χ1) is 9.74. The molecule has 20 heavy (non-hydrogen) atoms. The number of pyridine rings is 2. The first kappa shape index (κ1) is 12.9. The Hall–Kier alpha value is -2.13. The van der Waals surface area contributed by atoms with E-state index in [4.69, 9.17) is 11.6 Å². The summed E-state index contributed by atoms with van der Waals surface area (Å²) in [6.07, 6.45) is 5.39. The van der Waals surface area contributed by atoms with Gasteiger partial charge in [-0.1, -0.05) is 23.7 Å². The Bertz CT molecular complexity index is 735. The van der Waals surface area contributed by atoms with Crippen molar-refractivity contribution in [2.75, 3.05) is 5.32 Å². The monoisotopic (exact) mass is 283 g/mol. The summed E-state index contributed by atoms with van der Waals surface area (Å²) in [4.78, 5) is 8.21. The Labute approximate surface area is 122 Å². The van der Waals surface area contributed by atoms with Crippen molar-refractivity contribution in [2.45, 2.75) is 13.5 Å². The van der Waals surface area contributed by atoms with Gasteiger partial charge in [-0.05, 0) is 41.6 Å². The van der Waals surface area contributed by atoms with Crippen molar-refractivity contribution in [1.29, 1.82) is 0 Å². The van der Waals surface area contributed by atoms with Gasteiger partial charge in [0.25, 0.3) is 0 Å². The Morgan fingerprint density at radius 1 is 1.10 bits per heavy atom. The third-order valence-corrected chi connectivity index (χ3v) is 3.57. The second-order valence-electron chi connectivity index (χ2n) is 4.70. The summed E-state index contributed by atoms with van der Waals surface area (Å²) in [5.41, 5.74) is 3.18. The van der Waals surface area contributed by atoms with E-state index in [-0.39, 0.29) is 0 Å². The largest absolute Gasteiger partial charge is 0.378 e. The number of rotatable bonds is 3. The second-order valence-corrected chi connectivity index (χ2v) is 5.06. The van der Waals surface area contributed by atoms with Crippen molar-refractivity contribution in [1.82, 2.24) is 9.97 Å². The fourth-order valence-electron chi connectivity index (χ4n) is 2.17. The number of fused-ring (bicyclic) bond motifs is 1. The van der Waals surface area contributed by atoms with Crippen LogP contribution in [0.15, 0.2) is 48.9 Å². The van der Waals surface area contributed by atoms with Crippen LogP contribution in [0.5, 0.6) is 0 Å². The van der Waals surface area contributed by atoms with E-state index < -0.39 is 0 Å². The fourth-order valence-corrected chi connectivity index (χ4v) is 2.44. The number of nitrogens with one attached hydrogen (secondary N) is 1. The van der Waals surface area contributed by atoms with E-state index in [9.17, 15) is 0 Å². The fraction of sp³-hybridized carbons (Fsp3) is 0.125. The van der Waals surface area contributed by atoms with E-state index in [1.165, 1.54) is 10.9 Å². The minimum Gasteiger partial charge on any atom is -0.378 e. The lowest BCUT2D eigenvalue weighted by Gasteiger charge is -2.11. The van der Waals surface area contributed by atoms with Crippen LogP contribution in [0.25, 0.3) is 10.8 Å². The third kappa shape index (κ3) is 2.58. The summed E-state index contributed by atoms with van der Waals surface area (Å²) < 4.78 is 0. The number of anilines is 1. The molecule has 3 rings (SSSR count). The molecular weight excluding hydrogens is 270 g/mol. The van der Waals surface area contributed by atoms with Gasteiger partial charge in [0.2, 0.25) is 0 Å². The Morgan fingerprint density at radius 2 is 2.00 bits per heavy atom. The van der Waals surface area contributed by atoms with Gasteiger partial charge in [0.15, 0.2) is 5.15 Å². The number of halogens is 1. The van der Waals surface area contributed by atoms with Crippen LogP contribution in [0.4, 0.5) is 5.69 Å². The highest BCUT2D eigenvalue weighted by Gasteiger charge is 2.04. The molecule has 0 atom stereocenters. The molecule has 2 heterocycles. The maximum absolute atomic E-state index is 6.11. The lowest BCUT2D eigenvalue weighted by atomic mass is 10.1. The van der Waals surface area contributed by atoms with Crippen LogP contribution < -0.4 is 5.32 Å². The molecule has 4 heteroatoms. The zero-order valence-corrected chi connectivity index (χ0v) is 11.9. The van der Waals surface area contributed by atoms with E-state index in [1.807, 2.05) is 31.5 Å². The second kappa shape index (κ2) is 5.47. The van der Waals surface area contributed by atoms with Gasteiger partial charge in [-0.25, -0.2) is 4.98 Å². The zero-order chi connectivity index (χ0) is 13.9. The molecule has 0 unspecified atom stereocenters. The summed E-state index contributed by atoms with van der Waals surface area (Å²) >= 11 is 6.11. The average molecular weight is 284 g/mol. The molecule has 0 amide bonds. The third-order valence-electron chi connectivity index (χ3n) is 3.29. The molecule has 0 aliphatic carbocycles. The Kier molecular flexibility index (Phi) is 3.52.